The lowest BCUT2D eigenvalue weighted by atomic mass is 10.1. The number of ether oxygens (including phenoxy) is 3. The van der Waals surface area contributed by atoms with Gasteiger partial charge in [0, 0.05) is 18.7 Å². The maximum atomic E-state index is 12.0. The number of carbonyl (C=O) groups is 1. The van der Waals surface area contributed by atoms with E-state index in [-0.39, 0.29) is 18.2 Å². The van der Waals surface area contributed by atoms with E-state index in [9.17, 15) is 14.9 Å². The normalized spacial score (nSPS) is 10.5. The van der Waals surface area contributed by atoms with Crippen LogP contribution in [0, 0.1) is 16.0 Å². The largest absolute Gasteiger partial charge is 0.493 e. The first-order valence-electron chi connectivity index (χ1n) is 9.32. The van der Waals surface area contributed by atoms with Crippen LogP contribution in [0.2, 0.25) is 0 Å². The average molecular weight is 402 g/mol. The second kappa shape index (κ2) is 10.9. The van der Waals surface area contributed by atoms with Gasteiger partial charge in [-0.2, -0.15) is 0 Å². The van der Waals surface area contributed by atoms with E-state index in [2.05, 4.69) is 19.2 Å². The van der Waals surface area contributed by atoms with Crippen LogP contribution >= 0.6 is 0 Å². The first-order chi connectivity index (χ1) is 13.9. The summed E-state index contributed by atoms with van der Waals surface area (Å²) in [5.41, 5.74) is 0.828. The number of carbonyl (C=O) groups excluding carboxylic acids is 1. The topological polar surface area (TPSA) is 99.9 Å². The van der Waals surface area contributed by atoms with Gasteiger partial charge in [-0.3, -0.25) is 14.9 Å². The van der Waals surface area contributed by atoms with E-state index in [0.717, 1.165) is 12.0 Å². The Hall–Kier alpha value is -3.29. The number of nitrogens with one attached hydrogen (secondary N) is 1. The molecule has 0 unspecified atom stereocenters. The highest BCUT2D eigenvalue weighted by Gasteiger charge is 2.09. The molecule has 0 atom stereocenters. The molecular weight excluding hydrogens is 376 g/mol. The van der Waals surface area contributed by atoms with Gasteiger partial charge in [0.05, 0.1) is 18.6 Å². The van der Waals surface area contributed by atoms with Crippen LogP contribution in [0.5, 0.6) is 17.2 Å². The van der Waals surface area contributed by atoms with E-state index in [1.807, 2.05) is 18.2 Å². The maximum Gasteiger partial charge on any atom is 0.269 e. The molecule has 8 heteroatoms. The van der Waals surface area contributed by atoms with Crippen molar-refractivity contribution < 1.29 is 23.9 Å². The van der Waals surface area contributed by atoms with Crippen LogP contribution in [-0.2, 0) is 11.3 Å². The molecule has 2 aromatic carbocycles. The average Bonchev–Trinajstić information content (AvgIpc) is 2.71. The molecule has 156 valence electrons. The molecule has 0 heterocycles. The molecule has 0 aliphatic carbocycles. The van der Waals surface area contributed by atoms with Gasteiger partial charge in [0.1, 0.15) is 5.75 Å². The van der Waals surface area contributed by atoms with Crippen molar-refractivity contribution in [2.24, 2.45) is 5.92 Å². The van der Waals surface area contributed by atoms with Crippen molar-refractivity contribution >= 4 is 11.6 Å². The van der Waals surface area contributed by atoms with Gasteiger partial charge in [0.15, 0.2) is 18.1 Å². The molecule has 0 aliphatic heterocycles. The molecule has 2 rings (SSSR count). The molecule has 1 N–H and O–H groups in total. The van der Waals surface area contributed by atoms with E-state index in [0.29, 0.717) is 36.3 Å². The molecule has 0 aromatic heterocycles. The lowest BCUT2D eigenvalue weighted by Gasteiger charge is -2.13. The van der Waals surface area contributed by atoms with Gasteiger partial charge < -0.3 is 19.5 Å². The third-order valence-electron chi connectivity index (χ3n) is 4.09. The quantitative estimate of drug-likeness (QED) is 0.454. The minimum absolute atomic E-state index is 0.0348. The first-order valence-corrected chi connectivity index (χ1v) is 9.32. The summed E-state index contributed by atoms with van der Waals surface area (Å²) in [6.45, 7) is 5.01. The predicted octanol–water partition coefficient (Wildman–Crippen LogP) is 3.72. The first kappa shape index (κ1) is 22.0. The number of hydrogen-bond acceptors (Lipinski definition) is 6. The van der Waals surface area contributed by atoms with Crippen molar-refractivity contribution in [3.8, 4) is 17.2 Å². The summed E-state index contributed by atoms with van der Waals surface area (Å²) in [6.07, 6.45) is 0.954. The Labute approximate surface area is 169 Å². The third-order valence-corrected chi connectivity index (χ3v) is 4.09. The Morgan fingerprint density at radius 1 is 1.10 bits per heavy atom. The fraction of sp³-hybridized carbons (Fsp3) is 0.381. The summed E-state index contributed by atoms with van der Waals surface area (Å²) < 4.78 is 16.5. The Balaban J connectivity index is 1.82. The molecule has 1 amide bonds. The van der Waals surface area contributed by atoms with Crippen molar-refractivity contribution in [2.75, 3.05) is 20.3 Å². The summed E-state index contributed by atoms with van der Waals surface area (Å²) in [5.74, 6) is 1.92. The lowest BCUT2D eigenvalue weighted by molar-refractivity contribution is -0.384. The van der Waals surface area contributed by atoms with Crippen molar-refractivity contribution in [2.45, 2.75) is 26.8 Å². The van der Waals surface area contributed by atoms with Crippen LogP contribution in [0.1, 0.15) is 25.8 Å². The van der Waals surface area contributed by atoms with E-state index in [1.54, 1.807) is 7.11 Å². The zero-order valence-corrected chi connectivity index (χ0v) is 16.8. The van der Waals surface area contributed by atoms with Crippen LogP contribution in [0.4, 0.5) is 5.69 Å². The molecule has 0 saturated carbocycles. The Morgan fingerprint density at radius 3 is 2.45 bits per heavy atom. The number of hydrogen-bond donors (Lipinski definition) is 1. The SMILES string of the molecule is COc1cc(CNC(=O)COc2ccc([N+](=O)[O-])cc2)ccc1OCCC(C)C. The lowest BCUT2D eigenvalue weighted by Crippen LogP contribution is -2.28. The van der Waals surface area contributed by atoms with E-state index < -0.39 is 4.92 Å². The molecular formula is C21H26N2O6. The van der Waals surface area contributed by atoms with Crippen LogP contribution in [0.25, 0.3) is 0 Å². The zero-order chi connectivity index (χ0) is 21.2. The third kappa shape index (κ3) is 7.33. The predicted molar refractivity (Wildman–Crippen MR) is 108 cm³/mol. The highest BCUT2D eigenvalue weighted by atomic mass is 16.6. The number of nitro benzene ring substituents is 1. The number of nitro groups is 1. The van der Waals surface area contributed by atoms with Gasteiger partial charge in [-0.25, -0.2) is 0 Å². The molecule has 0 aliphatic rings. The van der Waals surface area contributed by atoms with Crippen molar-refractivity contribution in [1.29, 1.82) is 0 Å². The number of rotatable bonds is 11. The van der Waals surface area contributed by atoms with Gasteiger partial charge in [0.25, 0.3) is 11.6 Å². The zero-order valence-electron chi connectivity index (χ0n) is 16.8. The number of benzene rings is 2. The van der Waals surface area contributed by atoms with E-state index in [4.69, 9.17) is 14.2 Å². The molecule has 0 spiro atoms. The number of non-ortho nitro benzene ring substituents is 1. The van der Waals surface area contributed by atoms with Gasteiger partial charge in [-0.15, -0.1) is 0 Å². The monoisotopic (exact) mass is 402 g/mol. The Morgan fingerprint density at radius 2 is 1.83 bits per heavy atom. The van der Waals surface area contributed by atoms with E-state index in [1.165, 1.54) is 24.3 Å². The molecule has 2 aromatic rings. The summed E-state index contributed by atoms with van der Waals surface area (Å²) in [6, 6.07) is 11.1. The van der Waals surface area contributed by atoms with Crippen LogP contribution in [0.15, 0.2) is 42.5 Å². The second-order valence-corrected chi connectivity index (χ2v) is 6.83. The Kier molecular flexibility index (Phi) is 8.27. The number of methoxy groups -OCH3 is 1. The highest BCUT2D eigenvalue weighted by Crippen LogP contribution is 2.28. The summed E-state index contributed by atoms with van der Waals surface area (Å²) >= 11 is 0. The second-order valence-electron chi connectivity index (χ2n) is 6.83. The van der Waals surface area contributed by atoms with Crippen LogP contribution in [-0.4, -0.2) is 31.2 Å². The summed E-state index contributed by atoms with van der Waals surface area (Å²) in [4.78, 5) is 22.1. The van der Waals surface area contributed by atoms with Gasteiger partial charge in [-0.1, -0.05) is 19.9 Å². The molecule has 29 heavy (non-hydrogen) atoms. The molecule has 0 fully saturated rings. The molecule has 8 nitrogen and oxygen atoms in total. The van der Waals surface area contributed by atoms with Gasteiger partial charge in [0.2, 0.25) is 0 Å². The Bertz CT molecular complexity index is 820. The number of amides is 1. The summed E-state index contributed by atoms with van der Waals surface area (Å²) in [5, 5.41) is 13.4. The smallest absolute Gasteiger partial charge is 0.269 e. The van der Waals surface area contributed by atoms with E-state index >= 15 is 0 Å². The highest BCUT2D eigenvalue weighted by molar-refractivity contribution is 5.77. The molecule has 0 bridgehead atoms. The van der Waals surface area contributed by atoms with Crippen LogP contribution in [0.3, 0.4) is 0 Å². The van der Waals surface area contributed by atoms with Crippen molar-refractivity contribution in [3.05, 3.63) is 58.1 Å². The minimum Gasteiger partial charge on any atom is -0.493 e. The standard InChI is InChI=1S/C21H26N2O6/c1-15(2)10-11-28-19-9-4-16(12-20(19)27-3)13-22-21(24)14-29-18-7-5-17(6-8-18)23(25)26/h4-9,12,15H,10-11,13-14H2,1-3H3,(H,22,24). The number of nitrogens with zero attached hydrogens (tertiary/aromatic N) is 1. The maximum absolute atomic E-state index is 12.0. The minimum atomic E-state index is -0.495. The fourth-order valence-electron chi connectivity index (χ4n) is 2.41. The molecule has 0 radical (unpaired) electrons. The van der Waals surface area contributed by atoms with Crippen LogP contribution < -0.4 is 19.5 Å². The van der Waals surface area contributed by atoms with Crippen molar-refractivity contribution in [3.63, 3.8) is 0 Å². The summed E-state index contributed by atoms with van der Waals surface area (Å²) in [7, 11) is 1.57. The molecule has 0 saturated heterocycles. The fourth-order valence-corrected chi connectivity index (χ4v) is 2.41. The van der Waals surface area contributed by atoms with Gasteiger partial charge in [-0.05, 0) is 42.2 Å². The van der Waals surface area contributed by atoms with Crippen molar-refractivity contribution in [1.82, 2.24) is 5.32 Å². The van der Waals surface area contributed by atoms with Gasteiger partial charge >= 0.3 is 0 Å².